The van der Waals surface area contributed by atoms with E-state index in [1.54, 1.807) is 32.2 Å². The first-order valence-corrected chi connectivity index (χ1v) is 11.7. The lowest BCUT2D eigenvalue weighted by molar-refractivity contribution is -0.352. The maximum Gasteiger partial charge on any atom is 0.398 e. The first-order valence-electron chi connectivity index (χ1n) is 11.7. The highest BCUT2D eigenvalue weighted by molar-refractivity contribution is 5.96. The number of hydrogen-bond acceptors (Lipinski definition) is 7. The fraction of sp³-hybridized carbons (Fsp3) is 0.360. The van der Waals surface area contributed by atoms with Crippen LogP contribution in [0.1, 0.15) is 48.2 Å². The molecular formula is C25H30N5O6+. The molecule has 2 aromatic heterocycles. The molecule has 0 unspecified atom stereocenters. The Bertz CT molecular complexity index is 1290. The van der Waals surface area contributed by atoms with Gasteiger partial charge in [0.15, 0.2) is 0 Å². The summed E-state index contributed by atoms with van der Waals surface area (Å²) in [4.78, 5) is 61.5. The van der Waals surface area contributed by atoms with Gasteiger partial charge in [-0.3, -0.25) is 19.4 Å². The number of aromatic nitrogens is 3. The molecule has 3 rings (SSSR count). The lowest BCUT2D eigenvalue weighted by Gasteiger charge is -2.17. The molecule has 11 heteroatoms. The standard InChI is InChI=1S/C25H29N5O6/c1-4-35-19(31)13-12-18(24(34)36-5-2)28-22(32)16-9-6-15(7-10-16)8-11-17-14-27-21-20(17)23(33)30-25(26-3)29-21/h6-7,9-10,14,18H,3-5,8,11-13H2,1-2H3,(H,28,32)(H2,27,29,30,33)/p+1/t18-/m0/s1. The molecule has 0 saturated heterocycles. The van der Waals surface area contributed by atoms with E-state index in [4.69, 9.17) is 9.47 Å². The summed E-state index contributed by atoms with van der Waals surface area (Å²) in [7, 11) is 0. The predicted molar refractivity (Wildman–Crippen MR) is 132 cm³/mol. The highest BCUT2D eigenvalue weighted by Gasteiger charge is 2.24. The summed E-state index contributed by atoms with van der Waals surface area (Å²) >= 11 is 0. The van der Waals surface area contributed by atoms with E-state index in [1.165, 1.54) is 0 Å². The Morgan fingerprint density at radius 3 is 2.50 bits per heavy atom. The van der Waals surface area contributed by atoms with Gasteiger partial charge in [0.1, 0.15) is 11.4 Å². The SMILES string of the molecule is C=[NH+]c1nc2[nH]cc(CCc3ccc(C(=O)N[C@@H](CCC(=O)OCC)C(=O)OCC)cc3)c2c(=O)[nH]1. The molecule has 11 nitrogen and oxygen atoms in total. The zero-order chi connectivity index (χ0) is 26.1. The van der Waals surface area contributed by atoms with Crippen LogP contribution in [0.5, 0.6) is 0 Å². The van der Waals surface area contributed by atoms with Gasteiger partial charge in [0.25, 0.3) is 5.91 Å². The van der Waals surface area contributed by atoms with Crippen molar-refractivity contribution in [3.8, 4) is 0 Å². The predicted octanol–water partition coefficient (Wildman–Crippen LogP) is 0.454. The number of amides is 1. The average molecular weight is 497 g/mol. The summed E-state index contributed by atoms with van der Waals surface area (Å²) in [6.45, 7) is 7.26. The van der Waals surface area contributed by atoms with E-state index in [0.29, 0.717) is 29.4 Å². The summed E-state index contributed by atoms with van der Waals surface area (Å²) in [6.07, 6.45) is 3.04. The second-order valence-corrected chi connectivity index (χ2v) is 7.95. The summed E-state index contributed by atoms with van der Waals surface area (Å²) in [5, 5.41) is 3.14. The number of nitrogens with one attached hydrogen (secondary N) is 4. The molecule has 190 valence electrons. The van der Waals surface area contributed by atoms with Crippen molar-refractivity contribution in [2.24, 2.45) is 0 Å². The quantitative estimate of drug-likeness (QED) is 0.209. The van der Waals surface area contributed by atoms with E-state index in [1.807, 2.05) is 12.1 Å². The Morgan fingerprint density at radius 1 is 1.11 bits per heavy atom. The number of fused-ring (bicyclic) bond motifs is 1. The number of rotatable bonds is 12. The topological polar surface area (TPSA) is 157 Å². The van der Waals surface area contributed by atoms with Gasteiger partial charge in [-0.15, -0.1) is 0 Å². The summed E-state index contributed by atoms with van der Waals surface area (Å²) in [5.74, 6) is -1.22. The third-order valence-electron chi connectivity index (χ3n) is 5.51. The Balaban J connectivity index is 1.63. The summed E-state index contributed by atoms with van der Waals surface area (Å²) < 4.78 is 9.92. The molecule has 36 heavy (non-hydrogen) atoms. The molecule has 4 N–H and O–H groups in total. The van der Waals surface area contributed by atoms with Crippen molar-refractivity contribution in [1.82, 2.24) is 20.3 Å². The molecule has 0 fully saturated rings. The number of esters is 2. The van der Waals surface area contributed by atoms with Gasteiger partial charge in [-0.05, 0) is 56.4 Å². The smallest absolute Gasteiger partial charge is 0.398 e. The first kappa shape index (κ1) is 26.3. The maximum atomic E-state index is 12.7. The normalized spacial score (nSPS) is 11.6. The van der Waals surface area contributed by atoms with Crippen LogP contribution in [0.4, 0.5) is 5.95 Å². The zero-order valence-electron chi connectivity index (χ0n) is 20.3. The van der Waals surface area contributed by atoms with Gasteiger partial charge < -0.3 is 19.8 Å². The lowest BCUT2D eigenvalue weighted by Crippen LogP contribution is -2.60. The van der Waals surface area contributed by atoms with Crippen molar-refractivity contribution in [2.45, 2.75) is 45.6 Å². The second kappa shape index (κ2) is 12.4. The molecular weight excluding hydrogens is 466 g/mol. The number of benzene rings is 1. The maximum absolute atomic E-state index is 12.7. The molecule has 0 saturated carbocycles. The molecule has 2 heterocycles. The number of aromatic amines is 2. The highest BCUT2D eigenvalue weighted by atomic mass is 16.5. The minimum atomic E-state index is -0.964. The highest BCUT2D eigenvalue weighted by Crippen LogP contribution is 2.16. The van der Waals surface area contributed by atoms with E-state index >= 15 is 0 Å². The van der Waals surface area contributed by atoms with Crippen LogP contribution in [0, 0.1) is 0 Å². The van der Waals surface area contributed by atoms with Crippen LogP contribution < -0.4 is 15.9 Å². The number of carbonyl (C=O) groups is 3. The fourth-order valence-electron chi connectivity index (χ4n) is 3.71. The van der Waals surface area contributed by atoms with Gasteiger partial charge in [0.05, 0.1) is 13.2 Å². The van der Waals surface area contributed by atoms with E-state index < -0.39 is 23.9 Å². The molecule has 1 aromatic carbocycles. The summed E-state index contributed by atoms with van der Waals surface area (Å²) in [5.41, 5.74) is 2.38. The molecule has 0 bridgehead atoms. The number of hydrogen-bond donors (Lipinski definition) is 4. The largest absolute Gasteiger partial charge is 0.466 e. The Hall–Kier alpha value is -4.28. The Kier molecular flexibility index (Phi) is 9.09. The molecule has 0 aliphatic rings. The van der Waals surface area contributed by atoms with Crippen molar-refractivity contribution in [1.29, 1.82) is 0 Å². The van der Waals surface area contributed by atoms with Crippen molar-refractivity contribution in [2.75, 3.05) is 13.2 Å². The van der Waals surface area contributed by atoms with Crippen LogP contribution in [0.2, 0.25) is 0 Å². The monoisotopic (exact) mass is 496 g/mol. The molecule has 1 amide bonds. The van der Waals surface area contributed by atoms with E-state index in [2.05, 4.69) is 32.0 Å². The zero-order valence-corrected chi connectivity index (χ0v) is 20.3. The van der Waals surface area contributed by atoms with Gasteiger partial charge >= 0.3 is 23.4 Å². The van der Waals surface area contributed by atoms with Crippen LogP contribution in [0.3, 0.4) is 0 Å². The molecule has 0 radical (unpaired) electrons. The van der Waals surface area contributed by atoms with Crippen molar-refractivity contribution < 1.29 is 28.8 Å². The van der Waals surface area contributed by atoms with E-state index in [0.717, 1.165) is 11.1 Å². The van der Waals surface area contributed by atoms with Crippen molar-refractivity contribution >= 4 is 41.5 Å². The molecule has 1 atom stereocenters. The van der Waals surface area contributed by atoms with E-state index in [-0.39, 0.29) is 37.6 Å². The van der Waals surface area contributed by atoms with E-state index in [9.17, 15) is 19.2 Å². The van der Waals surface area contributed by atoms with Gasteiger partial charge in [-0.25, -0.2) is 9.78 Å². The third-order valence-corrected chi connectivity index (χ3v) is 5.51. The van der Waals surface area contributed by atoms with Crippen molar-refractivity contribution in [3.05, 3.63) is 57.5 Å². The number of ether oxygens (including phenoxy) is 2. The van der Waals surface area contributed by atoms with Crippen molar-refractivity contribution in [3.63, 3.8) is 0 Å². The minimum absolute atomic E-state index is 0.0180. The van der Waals surface area contributed by atoms with Crippen LogP contribution in [0.15, 0.2) is 35.3 Å². The number of carbonyl (C=O) groups excluding carboxylic acids is 3. The minimum Gasteiger partial charge on any atom is -0.466 e. The lowest BCUT2D eigenvalue weighted by atomic mass is 10.0. The van der Waals surface area contributed by atoms with Crippen LogP contribution in [-0.2, 0) is 31.9 Å². The summed E-state index contributed by atoms with van der Waals surface area (Å²) in [6, 6.07) is 5.99. The number of H-pyrrole nitrogens is 2. The average Bonchev–Trinajstić information content (AvgIpc) is 3.29. The van der Waals surface area contributed by atoms with Crippen LogP contribution in [0.25, 0.3) is 11.0 Å². The third kappa shape index (κ3) is 6.65. The van der Waals surface area contributed by atoms with Gasteiger partial charge in [0.2, 0.25) is 5.65 Å². The van der Waals surface area contributed by atoms with Crippen LogP contribution in [-0.4, -0.2) is 58.8 Å². The molecule has 0 aliphatic heterocycles. The van der Waals surface area contributed by atoms with Gasteiger partial charge in [0, 0.05) is 24.9 Å². The Morgan fingerprint density at radius 2 is 1.83 bits per heavy atom. The fourth-order valence-corrected chi connectivity index (χ4v) is 3.71. The van der Waals surface area contributed by atoms with Crippen LogP contribution >= 0.6 is 0 Å². The number of nitrogens with zero attached hydrogens (tertiary/aromatic N) is 1. The molecule has 0 aliphatic carbocycles. The molecule has 0 spiro atoms. The second-order valence-electron chi connectivity index (χ2n) is 7.95. The number of aryl methyl sites for hydroxylation is 2. The molecule has 3 aromatic rings. The van der Waals surface area contributed by atoms with Gasteiger partial charge in [-0.1, -0.05) is 17.1 Å². The Labute approximate surface area is 207 Å². The van der Waals surface area contributed by atoms with Gasteiger partial charge in [-0.2, -0.15) is 0 Å². The first-order chi connectivity index (χ1) is 17.4.